The number of aryl methyl sites for hydroxylation is 1. The number of carbonyl (C=O) groups excluding carboxylic acids is 1. The lowest BCUT2D eigenvalue weighted by molar-refractivity contribution is -0.132. The van der Waals surface area contributed by atoms with Gasteiger partial charge in [-0.25, -0.2) is 0 Å². The van der Waals surface area contributed by atoms with Gasteiger partial charge < -0.3 is 9.47 Å². The molecule has 3 heteroatoms. The lowest BCUT2D eigenvalue weighted by Crippen LogP contribution is -2.33. The van der Waals surface area contributed by atoms with Gasteiger partial charge in [-0.3, -0.25) is 4.79 Å². The van der Waals surface area contributed by atoms with Crippen LogP contribution >= 0.6 is 0 Å². The molecular formula is C18H30N2O. The van der Waals surface area contributed by atoms with Gasteiger partial charge in [0.1, 0.15) is 0 Å². The minimum absolute atomic E-state index is 0.356. The highest BCUT2D eigenvalue weighted by atomic mass is 16.2. The predicted octanol–water partition coefficient (Wildman–Crippen LogP) is 4.27. The average molecular weight is 290 g/mol. The summed E-state index contributed by atoms with van der Waals surface area (Å²) in [5.74, 6) is 0.356. The molecule has 1 saturated carbocycles. The Labute approximate surface area is 129 Å². The summed E-state index contributed by atoms with van der Waals surface area (Å²) >= 11 is 0. The highest BCUT2D eigenvalue weighted by molar-refractivity contribution is 5.76. The van der Waals surface area contributed by atoms with E-state index in [1.165, 1.54) is 50.6 Å². The van der Waals surface area contributed by atoms with Crippen molar-refractivity contribution in [1.82, 2.24) is 9.47 Å². The number of aromatic nitrogens is 1. The second-order valence-corrected chi connectivity index (χ2v) is 6.38. The lowest BCUT2D eigenvalue weighted by atomic mass is 10.1. The molecule has 3 nitrogen and oxygen atoms in total. The van der Waals surface area contributed by atoms with Crippen molar-refractivity contribution in [3.8, 4) is 0 Å². The van der Waals surface area contributed by atoms with Crippen LogP contribution in [0.15, 0.2) is 18.3 Å². The monoisotopic (exact) mass is 290 g/mol. The number of hydrogen-bond donors (Lipinski definition) is 0. The lowest BCUT2D eigenvalue weighted by Gasteiger charge is -2.23. The number of unbranched alkanes of at least 4 members (excludes halogenated alkanes) is 5. The van der Waals surface area contributed by atoms with Crippen LogP contribution in [0.3, 0.4) is 0 Å². The number of carbonyl (C=O) groups is 1. The Kier molecular flexibility index (Phi) is 6.34. The molecule has 1 amide bonds. The Balaban J connectivity index is 1.73. The van der Waals surface area contributed by atoms with Gasteiger partial charge in [0.25, 0.3) is 0 Å². The molecule has 1 aromatic heterocycles. The van der Waals surface area contributed by atoms with E-state index in [4.69, 9.17) is 0 Å². The van der Waals surface area contributed by atoms with Crippen LogP contribution in [-0.4, -0.2) is 21.4 Å². The topological polar surface area (TPSA) is 25.2 Å². The fourth-order valence-corrected chi connectivity index (χ4v) is 2.84. The van der Waals surface area contributed by atoms with E-state index in [0.29, 0.717) is 11.9 Å². The van der Waals surface area contributed by atoms with E-state index in [1.54, 1.807) is 0 Å². The van der Waals surface area contributed by atoms with Crippen molar-refractivity contribution in [2.24, 2.45) is 7.05 Å². The molecule has 0 bridgehead atoms. The van der Waals surface area contributed by atoms with E-state index >= 15 is 0 Å². The van der Waals surface area contributed by atoms with Crippen molar-refractivity contribution >= 4 is 5.91 Å². The Morgan fingerprint density at radius 2 is 1.95 bits per heavy atom. The van der Waals surface area contributed by atoms with E-state index < -0.39 is 0 Å². The summed E-state index contributed by atoms with van der Waals surface area (Å²) in [6.07, 6.45) is 12.6. The van der Waals surface area contributed by atoms with E-state index in [1.807, 2.05) is 0 Å². The maximum atomic E-state index is 12.5. The Hall–Kier alpha value is -1.25. The maximum absolute atomic E-state index is 12.5. The van der Waals surface area contributed by atoms with Crippen molar-refractivity contribution in [3.63, 3.8) is 0 Å². The number of amides is 1. The summed E-state index contributed by atoms with van der Waals surface area (Å²) in [4.78, 5) is 14.6. The molecule has 0 aromatic carbocycles. The van der Waals surface area contributed by atoms with Gasteiger partial charge in [0.2, 0.25) is 5.91 Å². The molecule has 1 aliphatic rings. The second-order valence-electron chi connectivity index (χ2n) is 6.38. The van der Waals surface area contributed by atoms with Crippen molar-refractivity contribution in [3.05, 3.63) is 24.0 Å². The highest BCUT2D eigenvalue weighted by Gasteiger charge is 2.32. The van der Waals surface area contributed by atoms with Gasteiger partial charge in [0, 0.05) is 31.4 Å². The zero-order valence-electron chi connectivity index (χ0n) is 13.7. The number of rotatable bonds is 10. The zero-order valence-corrected chi connectivity index (χ0v) is 13.7. The quantitative estimate of drug-likeness (QED) is 0.591. The normalized spacial score (nSPS) is 14.4. The molecule has 1 aromatic rings. The third kappa shape index (κ3) is 5.22. The van der Waals surface area contributed by atoms with Crippen LogP contribution in [0.1, 0.15) is 70.4 Å². The van der Waals surface area contributed by atoms with Gasteiger partial charge in [-0.15, -0.1) is 0 Å². The Morgan fingerprint density at radius 3 is 2.57 bits per heavy atom. The smallest absolute Gasteiger partial charge is 0.223 e. The van der Waals surface area contributed by atoms with Gasteiger partial charge >= 0.3 is 0 Å². The first-order chi connectivity index (χ1) is 10.2. The van der Waals surface area contributed by atoms with Crippen LogP contribution in [0, 0.1) is 0 Å². The molecular weight excluding hydrogens is 260 g/mol. The van der Waals surface area contributed by atoms with Crippen LogP contribution in [-0.2, 0) is 18.4 Å². The molecule has 0 atom stereocenters. The SMILES string of the molecule is CCCCCCCCC(=O)N(Cc1cccn1C)C1CC1. The molecule has 21 heavy (non-hydrogen) atoms. The first-order valence-electron chi connectivity index (χ1n) is 8.62. The molecule has 1 heterocycles. The molecule has 2 rings (SSSR count). The zero-order chi connectivity index (χ0) is 15.1. The molecule has 0 N–H and O–H groups in total. The van der Waals surface area contributed by atoms with Crippen LogP contribution < -0.4 is 0 Å². The second kappa shape index (κ2) is 8.26. The molecule has 0 aliphatic heterocycles. The van der Waals surface area contributed by atoms with Crippen molar-refractivity contribution in [2.45, 2.75) is 77.3 Å². The summed E-state index contributed by atoms with van der Waals surface area (Å²) in [5.41, 5.74) is 1.23. The van der Waals surface area contributed by atoms with E-state index in [2.05, 4.69) is 41.8 Å². The van der Waals surface area contributed by atoms with Crippen LogP contribution in [0.5, 0.6) is 0 Å². The summed E-state index contributed by atoms with van der Waals surface area (Å²) in [6.45, 7) is 3.02. The van der Waals surface area contributed by atoms with Crippen molar-refractivity contribution in [1.29, 1.82) is 0 Å². The fraction of sp³-hybridized carbons (Fsp3) is 0.722. The van der Waals surface area contributed by atoms with Crippen LogP contribution in [0.2, 0.25) is 0 Å². The van der Waals surface area contributed by atoms with E-state index in [-0.39, 0.29) is 0 Å². The third-order valence-corrected chi connectivity index (χ3v) is 4.44. The summed E-state index contributed by atoms with van der Waals surface area (Å²) in [6, 6.07) is 4.68. The van der Waals surface area contributed by atoms with Gasteiger partial charge in [-0.05, 0) is 31.4 Å². The number of hydrogen-bond acceptors (Lipinski definition) is 1. The predicted molar refractivity (Wildman–Crippen MR) is 87.0 cm³/mol. The van der Waals surface area contributed by atoms with Gasteiger partial charge in [0.15, 0.2) is 0 Å². The summed E-state index contributed by atoms with van der Waals surface area (Å²) in [5, 5.41) is 0. The summed E-state index contributed by atoms with van der Waals surface area (Å²) < 4.78 is 2.12. The maximum Gasteiger partial charge on any atom is 0.223 e. The first-order valence-corrected chi connectivity index (χ1v) is 8.62. The van der Waals surface area contributed by atoms with Crippen molar-refractivity contribution in [2.75, 3.05) is 0 Å². The Bertz CT molecular complexity index is 434. The Morgan fingerprint density at radius 1 is 1.24 bits per heavy atom. The molecule has 0 radical (unpaired) electrons. The molecule has 1 aliphatic carbocycles. The van der Waals surface area contributed by atoms with Crippen LogP contribution in [0.4, 0.5) is 0 Å². The molecule has 0 saturated heterocycles. The molecule has 0 unspecified atom stereocenters. The standard InChI is InChI=1S/C18H30N2O/c1-3-4-5-6-7-8-11-18(21)20(16-12-13-16)15-17-10-9-14-19(17)2/h9-10,14,16H,3-8,11-13,15H2,1-2H3. The van der Waals surface area contributed by atoms with Crippen molar-refractivity contribution < 1.29 is 4.79 Å². The third-order valence-electron chi connectivity index (χ3n) is 4.44. The van der Waals surface area contributed by atoms with E-state index in [0.717, 1.165) is 19.4 Å². The molecule has 0 spiro atoms. The minimum Gasteiger partial charge on any atom is -0.353 e. The van der Waals surface area contributed by atoms with Gasteiger partial charge in [0.05, 0.1) is 6.54 Å². The van der Waals surface area contributed by atoms with Gasteiger partial charge in [-0.2, -0.15) is 0 Å². The minimum atomic E-state index is 0.356. The molecule has 1 fully saturated rings. The number of nitrogens with zero attached hydrogens (tertiary/aromatic N) is 2. The van der Waals surface area contributed by atoms with Crippen LogP contribution in [0.25, 0.3) is 0 Å². The largest absolute Gasteiger partial charge is 0.353 e. The van der Waals surface area contributed by atoms with Gasteiger partial charge in [-0.1, -0.05) is 39.0 Å². The van der Waals surface area contributed by atoms with E-state index in [9.17, 15) is 4.79 Å². The fourth-order valence-electron chi connectivity index (χ4n) is 2.84. The first kappa shape index (κ1) is 16.1. The highest BCUT2D eigenvalue weighted by Crippen LogP contribution is 2.29. The molecule has 118 valence electrons. The average Bonchev–Trinajstić information content (AvgIpc) is 3.23. The summed E-state index contributed by atoms with van der Waals surface area (Å²) in [7, 11) is 2.05.